The Kier molecular flexibility index (Phi) is 2.58. The van der Waals surface area contributed by atoms with E-state index in [1.54, 1.807) is 6.07 Å². The minimum atomic E-state index is -0.895. The smallest absolute Gasteiger partial charge is 0.314 e. The first kappa shape index (κ1) is 11.3. The zero-order valence-corrected chi connectivity index (χ0v) is 9.99. The van der Waals surface area contributed by atoms with Crippen LogP contribution in [0.3, 0.4) is 0 Å². The van der Waals surface area contributed by atoms with Gasteiger partial charge in [0.25, 0.3) is 0 Å². The van der Waals surface area contributed by atoms with Crippen LogP contribution in [-0.2, 0) is 10.2 Å². The topological polar surface area (TPSA) is 77.8 Å². The lowest BCUT2D eigenvalue weighted by molar-refractivity contribution is -0.147. The molecule has 0 atom stereocenters. The average Bonchev–Trinajstić information content (AvgIpc) is 2.11. The van der Waals surface area contributed by atoms with Gasteiger partial charge in [-0.3, -0.25) is 4.79 Å². The van der Waals surface area contributed by atoms with Crippen LogP contribution in [0.5, 0.6) is 11.5 Å². The molecule has 4 nitrogen and oxygen atoms in total. The van der Waals surface area contributed by atoms with Crippen molar-refractivity contribution >= 4 is 21.9 Å². The molecule has 1 saturated carbocycles. The highest BCUT2D eigenvalue weighted by Gasteiger charge is 2.46. The number of phenols is 2. The highest BCUT2D eigenvalue weighted by atomic mass is 79.9. The maximum absolute atomic E-state index is 11.3. The Morgan fingerprint density at radius 3 is 2.31 bits per heavy atom. The second-order valence-electron chi connectivity index (χ2n) is 4.07. The molecule has 0 aromatic heterocycles. The molecule has 16 heavy (non-hydrogen) atoms. The van der Waals surface area contributed by atoms with E-state index in [-0.39, 0.29) is 11.5 Å². The molecule has 0 spiro atoms. The molecule has 0 aliphatic heterocycles. The minimum absolute atomic E-state index is 0.261. The number of carboxylic acid groups (broad SMARTS) is 1. The van der Waals surface area contributed by atoms with Crippen LogP contribution in [0, 0.1) is 0 Å². The van der Waals surface area contributed by atoms with Gasteiger partial charge in [0.2, 0.25) is 0 Å². The number of carbonyl (C=O) groups is 1. The molecule has 1 aliphatic carbocycles. The van der Waals surface area contributed by atoms with Crippen molar-refractivity contribution < 1.29 is 20.1 Å². The maximum atomic E-state index is 11.3. The lowest BCUT2D eigenvalue weighted by Crippen LogP contribution is -2.42. The van der Waals surface area contributed by atoms with Gasteiger partial charge in [0, 0.05) is 0 Å². The molecule has 1 aromatic rings. The minimum Gasteiger partial charge on any atom is -0.504 e. The average molecular weight is 287 g/mol. The third kappa shape index (κ3) is 1.46. The third-order valence-electron chi connectivity index (χ3n) is 3.21. The van der Waals surface area contributed by atoms with Crippen LogP contribution in [0.4, 0.5) is 0 Å². The summed E-state index contributed by atoms with van der Waals surface area (Å²) >= 11 is 3.09. The van der Waals surface area contributed by atoms with Crippen molar-refractivity contribution in [3.63, 3.8) is 0 Å². The quantitative estimate of drug-likeness (QED) is 0.730. The van der Waals surface area contributed by atoms with Crippen molar-refractivity contribution in [3.8, 4) is 11.5 Å². The summed E-state index contributed by atoms with van der Waals surface area (Å²) in [5, 5.41) is 28.1. The molecule has 0 bridgehead atoms. The zero-order valence-electron chi connectivity index (χ0n) is 8.40. The lowest BCUT2D eigenvalue weighted by atomic mass is 9.64. The maximum Gasteiger partial charge on any atom is 0.314 e. The van der Waals surface area contributed by atoms with Crippen molar-refractivity contribution in [3.05, 3.63) is 22.2 Å². The molecular formula is C11H11BrO4. The van der Waals surface area contributed by atoms with Crippen molar-refractivity contribution in [2.24, 2.45) is 0 Å². The van der Waals surface area contributed by atoms with Crippen LogP contribution in [0.2, 0.25) is 0 Å². The second-order valence-corrected chi connectivity index (χ2v) is 4.92. The number of hydrogen-bond donors (Lipinski definition) is 3. The van der Waals surface area contributed by atoms with E-state index in [0.29, 0.717) is 22.9 Å². The van der Waals surface area contributed by atoms with Gasteiger partial charge in [-0.2, -0.15) is 0 Å². The van der Waals surface area contributed by atoms with Crippen LogP contribution in [0.25, 0.3) is 0 Å². The Hall–Kier alpha value is -1.23. The summed E-state index contributed by atoms with van der Waals surface area (Å²) in [4.78, 5) is 11.3. The molecular weight excluding hydrogens is 276 g/mol. The molecule has 1 aromatic carbocycles. The summed E-state index contributed by atoms with van der Waals surface area (Å²) in [6.45, 7) is 0. The Morgan fingerprint density at radius 2 is 1.94 bits per heavy atom. The van der Waals surface area contributed by atoms with Gasteiger partial charge >= 0.3 is 5.97 Å². The standard InChI is InChI=1S/C11H11BrO4/c12-7-4-6(5-8(13)9(7)14)11(10(15)16)2-1-3-11/h4-5,13-14H,1-3H2,(H,15,16). The van der Waals surface area contributed by atoms with Crippen LogP contribution < -0.4 is 0 Å². The van der Waals surface area contributed by atoms with Gasteiger partial charge in [0.1, 0.15) is 0 Å². The van der Waals surface area contributed by atoms with E-state index in [0.717, 1.165) is 6.42 Å². The van der Waals surface area contributed by atoms with E-state index in [4.69, 9.17) is 0 Å². The van der Waals surface area contributed by atoms with Gasteiger partial charge in [0.05, 0.1) is 9.89 Å². The zero-order chi connectivity index (χ0) is 11.9. The molecule has 86 valence electrons. The monoisotopic (exact) mass is 286 g/mol. The SMILES string of the molecule is O=C(O)C1(c2cc(O)c(O)c(Br)c2)CCC1. The van der Waals surface area contributed by atoms with E-state index in [9.17, 15) is 20.1 Å². The number of rotatable bonds is 2. The van der Waals surface area contributed by atoms with Gasteiger partial charge in [-0.05, 0) is 46.5 Å². The predicted octanol–water partition coefficient (Wildman–Crippen LogP) is 2.37. The lowest BCUT2D eigenvalue weighted by Gasteiger charge is -2.38. The number of halogens is 1. The molecule has 3 N–H and O–H groups in total. The van der Waals surface area contributed by atoms with Crippen LogP contribution >= 0.6 is 15.9 Å². The van der Waals surface area contributed by atoms with Crippen molar-refractivity contribution in [1.29, 1.82) is 0 Å². The van der Waals surface area contributed by atoms with E-state index in [1.165, 1.54) is 6.07 Å². The highest BCUT2D eigenvalue weighted by molar-refractivity contribution is 9.10. The largest absolute Gasteiger partial charge is 0.504 e. The van der Waals surface area contributed by atoms with Crippen molar-refractivity contribution in [2.45, 2.75) is 24.7 Å². The Bertz CT molecular complexity index is 428. The number of aliphatic carboxylic acids is 1. The predicted molar refractivity (Wildman–Crippen MR) is 60.6 cm³/mol. The molecule has 0 radical (unpaired) electrons. The molecule has 1 aliphatic rings. The molecule has 2 rings (SSSR count). The molecule has 0 amide bonds. The van der Waals surface area contributed by atoms with Crippen molar-refractivity contribution in [2.75, 3.05) is 0 Å². The normalized spacial score (nSPS) is 17.8. The van der Waals surface area contributed by atoms with Gasteiger partial charge < -0.3 is 15.3 Å². The summed E-state index contributed by atoms with van der Waals surface area (Å²) in [5.41, 5.74) is -0.360. The first-order chi connectivity index (χ1) is 7.47. The Labute approximate surface area is 101 Å². The molecule has 0 heterocycles. The second kappa shape index (κ2) is 3.66. The van der Waals surface area contributed by atoms with E-state index < -0.39 is 11.4 Å². The molecule has 5 heteroatoms. The molecule has 0 unspecified atom stereocenters. The summed E-state index contributed by atoms with van der Waals surface area (Å²) in [5.74, 6) is -1.43. The number of carboxylic acids is 1. The fourth-order valence-electron chi connectivity index (χ4n) is 2.02. The fraction of sp³-hybridized carbons (Fsp3) is 0.364. The number of hydrogen-bond acceptors (Lipinski definition) is 3. The molecule has 1 fully saturated rings. The summed E-state index contributed by atoms with van der Waals surface area (Å²) in [6, 6.07) is 2.88. The van der Waals surface area contributed by atoms with E-state index in [1.807, 2.05) is 0 Å². The number of aromatic hydroxyl groups is 2. The van der Waals surface area contributed by atoms with Crippen LogP contribution in [-0.4, -0.2) is 21.3 Å². The first-order valence-corrected chi connectivity index (χ1v) is 5.72. The Balaban J connectivity index is 2.52. The number of phenolic OH excluding ortho intramolecular Hbond substituents is 2. The fourth-order valence-corrected chi connectivity index (χ4v) is 2.47. The van der Waals surface area contributed by atoms with Gasteiger partial charge in [-0.15, -0.1) is 0 Å². The first-order valence-electron chi connectivity index (χ1n) is 4.93. The Morgan fingerprint density at radius 1 is 1.31 bits per heavy atom. The highest BCUT2D eigenvalue weighted by Crippen LogP contribution is 2.47. The summed E-state index contributed by atoms with van der Waals surface area (Å²) in [6.07, 6.45) is 2.00. The molecule has 0 saturated heterocycles. The third-order valence-corrected chi connectivity index (χ3v) is 3.82. The van der Waals surface area contributed by atoms with Crippen molar-refractivity contribution in [1.82, 2.24) is 0 Å². The number of benzene rings is 1. The summed E-state index contributed by atoms with van der Waals surface area (Å²) in [7, 11) is 0. The van der Waals surface area contributed by atoms with Crippen LogP contribution in [0.15, 0.2) is 16.6 Å². The van der Waals surface area contributed by atoms with E-state index >= 15 is 0 Å². The van der Waals surface area contributed by atoms with Gasteiger partial charge in [-0.1, -0.05) is 6.42 Å². The van der Waals surface area contributed by atoms with Crippen LogP contribution in [0.1, 0.15) is 24.8 Å². The summed E-state index contributed by atoms with van der Waals surface area (Å²) < 4.78 is 0.315. The van der Waals surface area contributed by atoms with Gasteiger partial charge in [-0.25, -0.2) is 0 Å². The van der Waals surface area contributed by atoms with E-state index in [2.05, 4.69) is 15.9 Å². The van der Waals surface area contributed by atoms with Gasteiger partial charge in [0.15, 0.2) is 11.5 Å².